The summed E-state index contributed by atoms with van der Waals surface area (Å²) in [5, 5.41) is 0. The van der Waals surface area contributed by atoms with Crippen LogP contribution in [0.1, 0.15) is 52.9 Å². The Morgan fingerprint density at radius 3 is 2.60 bits per heavy atom. The molecule has 1 unspecified atom stereocenters. The fourth-order valence-corrected chi connectivity index (χ4v) is 7.41. The maximum absolute atomic E-state index is 13.2. The summed E-state index contributed by atoms with van der Waals surface area (Å²) in [7, 11) is 0. The molecule has 2 spiro atoms. The molecule has 5 heteroatoms. The van der Waals surface area contributed by atoms with E-state index >= 15 is 0 Å². The Bertz CT molecular complexity index is 696. The third-order valence-electron chi connectivity index (χ3n) is 8.50. The average Bonchev–Trinajstić information content (AvgIpc) is 3.01. The molecule has 0 aromatic rings. The predicted molar refractivity (Wildman–Crippen MR) is 87.2 cm³/mol. The zero-order valence-electron chi connectivity index (χ0n) is 15.2. The van der Waals surface area contributed by atoms with Gasteiger partial charge in [-0.25, -0.2) is 0 Å². The van der Waals surface area contributed by atoms with Crippen molar-refractivity contribution in [1.82, 2.24) is 0 Å². The number of ketones is 1. The zero-order chi connectivity index (χ0) is 17.8. The number of hydrogen-bond donors (Lipinski definition) is 0. The van der Waals surface area contributed by atoms with E-state index in [0.717, 1.165) is 25.7 Å². The van der Waals surface area contributed by atoms with Gasteiger partial charge >= 0.3 is 11.9 Å². The Hall–Kier alpha value is -1.39. The molecule has 2 heterocycles. The molecule has 5 aliphatic rings. The maximum atomic E-state index is 13.2. The highest BCUT2D eigenvalue weighted by molar-refractivity contribution is 6.08. The monoisotopic (exact) mass is 346 g/mol. The number of hydrogen-bond acceptors (Lipinski definition) is 5. The number of rotatable bonds is 0. The van der Waals surface area contributed by atoms with E-state index in [-0.39, 0.29) is 52.9 Å². The molecule has 3 aliphatic carbocycles. The van der Waals surface area contributed by atoms with Crippen LogP contribution < -0.4 is 0 Å². The third kappa shape index (κ3) is 1.55. The van der Waals surface area contributed by atoms with Gasteiger partial charge in [0.05, 0.1) is 11.3 Å². The van der Waals surface area contributed by atoms with Crippen molar-refractivity contribution in [2.45, 2.75) is 59.0 Å². The van der Waals surface area contributed by atoms with E-state index in [4.69, 9.17) is 9.47 Å². The number of ether oxygens (including phenoxy) is 2. The zero-order valence-corrected chi connectivity index (χ0v) is 15.2. The normalized spacial score (nSPS) is 52.8. The second-order valence-corrected chi connectivity index (χ2v) is 9.79. The third-order valence-corrected chi connectivity index (χ3v) is 8.50. The highest BCUT2D eigenvalue weighted by atomic mass is 16.6. The molecule has 2 saturated heterocycles. The number of Topliss-reactive ketones (excluding diaryl/α,β-unsaturated/α-hetero) is 1. The largest absolute Gasteiger partial charge is 0.465 e. The van der Waals surface area contributed by atoms with Crippen molar-refractivity contribution in [3.8, 4) is 0 Å². The highest BCUT2D eigenvalue weighted by Crippen LogP contribution is 2.70. The van der Waals surface area contributed by atoms with Crippen molar-refractivity contribution in [3.63, 3.8) is 0 Å². The minimum atomic E-state index is -1.03. The molecular weight excluding hydrogens is 320 g/mol. The lowest BCUT2D eigenvalue weighted by molar-refractivity contribution is -0.231. The van der Waals surface area contributed by atoms with Gasteiger partial charge in [0, 0.05) is 5.92 Å². The van der Waals surface area contributed by atoms with Crippen LogP contribution in [-0.2, 0) is 23.9 Å². The fraction of sp³-hybridized carbons (Fsp3) is 0.850. The number of fused-ring (bicyclic) bond motifs is 1. The van der Waals surface area contributed by atoms with Gasteiger partial charge in [0.2, 0.25) is 0 Å². The van der Waals surface area contributed by atoms with Crippen LogP contribution >= 0.6 is 0 Å². The number of carbonyl (C=O) groups is 3. The molecule has 0 N–H and O–H groups in total. The second kappa shape index (κ2) is 4.47. The summed E-state index contributed by atoms with van der Waals surface area (Å²) < 4.78 is 11.6. The van der Waals surface area contributed by atoms with Crippen LogP contribution in [0, 0.1) is 39.9 Å². The summed E-state index contributed by atoms with van der Waals surface area (Å²) in [5.41, 5.74) is -1.74. The molecule has 0 amide bonds. The number of carbonyl (C=O) groups excluding carboxylic acids is 3. The first-order valence-corrected chi connectivity index (χ1v) is 9.67. The lowest BCUT2D eigenvalue weighted by Crippen LogP contribution is -2.68. The topological polar surface area (TPSA) is 69.7 Å². The van der Waals surface area contributed by atoms with E-state index in [0.29, 0.717) is 13.0 Å². The van der Waals surface area contributed by atoms with Gasteiger partial charge in [0.15, 0.2) is 5.78 Å². The van der Waals surface area contributed by atoms with E-state index in [2.05, 4.69) is 13.8 Å². The van der Waals surface area contributed by atoms with Crippen LogP contribution in [0.2, 0.25) is 0 Å². The second-order valence-electron chi connectivity index (χ2n) is 9.79. The van der Waals surface area contributed by atoms with Gasteiger partial charge in [0.25, 0.3) is 0 Å². The molecule has 2 bridgehead atoms. The van der Waals surface area contributed by atoms with Gasteiger partial charge in [0.1, 0.15) is 18.1 Å². The van der Waals surface area contributed by atoms with Crippen molar-refractivity contribution in [2.75, 3.05) is 6.61 Å². The van der Waals surface area contributed by atoms with Crippen molar-refractivity contribution >= 4 is 17.7 Å². The first kappa shape index (κ1) is 15.8. The van der Waals surface area contributed by atoms with Crippen LogP contribution in [0.4, 0.5) is 0 Å². The standard InChI is InChI=1S/C20H26O5/c1-10-11-4-5-12-19(8-11,15(10)21)17(23)25-13-6-7-18(2,3)14-16(22)24-9-20(12,13)14/h10-14H,4-9H2,1-3H3/t10?,11-,12-,13+,14-,19+,20-/m1/s1. The average molecular weight is 346 g/mol. The van der Waals surface area contributed by atoms with Gasteiger partial charge < -0.3 is 9.47 Å². The fourth-order valence-electron chi connectivity index (χ4n) is 7.41. The van der Waals surface area contributed by atoms with Crippen LogP contribution in [0.5, 0.6) is 0 Å². The molecule has 5 fully saturated rings. The first-order chi connectivity index (χ1) is 11.7. The number of esters is 2. The van der Waals surface area contributed by atoms with Crippen LogP contribution in [-0.4, -0.2) is 30.4 Å². The Balaban J connectivity index is 1.71. The Morgan fingerprint density at radius 1 is 1.08 bits per heavy atom. The minimum absolute atomic E-state index is 0.0549. The summed E-state index contributed by atoms with van der Waals surface area (Å²) in [4.78, 5) is 39.0. The van der Waals surface area contributed by atoms with E-state index in [1.807, 2.05) is 6.92 Å². The SMILES string of the molecule is CC1C(=O)[C@]23C[C@H]1CC[C@H]2[C@@]12COC(=O)[C@@H]1C(C)(C)CC[C@@H]2OC3=O. The molecular formula is C20H26O5. The van der Waals surface area contributed by atoms with Crippen molar-refractivity contribution in [2.24, 2.45) is 39.9 Å². The van der Waals surface area contributed by atoms with Crippen LogP contribution in [0.15, 0.2) is 0 Å². The minimum Gasteiger partial charge on any atom is -0.465 e. The Labute approximate surface area is 147 Å². The van der Waals surface area contributed by atoms with E-state index in [1.165, 1.54) is 0 Å². The maximum Gasteiger partial charge on any atom is 0.320 e. The number of cyclic esters (lactones) is 1. The Morgan fingerprint density at radius 2 is 1.84 bits per heavy atom. The summed E-state index contributed by atoms with van der Waals surface area (Å²) in [6.45, 7) is 6.50. The van der Waals surface area contributed by atoms with Gasteiger partial charge in [-0.05, 0) is 49.4 Å². The van der Waals surface area contributed by atoms with Gasteiger partial charge in [-0.1, -0.05) is 20.8 Å². The molecule has 2 aliphatic heterocycles. The van der Waals surface area contributed by atoms with E-state index in [9.17, 15) is 14.4 Å². The summed E-state index contributed by atoms with van der Waals surface area (Å²) >= 11 is 0. The molecule has 3 saturated carbocycles. The van der Waals surface area contributed by atoms with Crippen molar-refractivity contribution < 1.29 is 23.9 Å². The quantitative estimate of drug-likeness (QED) is 0.498. The van der Waals surface area contributed by atoms with E-state index < -0.39 is 10.8 Å². The lowest BCUT2D eigenvalue weighted by atomic mass is 9.44. The molecule has 136 valence electrons. The van der Waals surface area contributed by atoms with Crippen LogP contribution in [0.3, 0.4) is 0 Å². The molecule has 0 aromatic heterocycles. The molecule has 0 aromatic carbocycles. The summed E-state index contributed by atoms with van der Waals surface area (Å²) in [6, 6.07) is 0. The Kier molecular flexibility index (Phi) is 2.83. The van der Waals surface area contributed by atoms with Crippen molar-refractivity contribution in [1.29, 1.82) is 0 Å². The summed E-state index contributed by atoms with van der Waals surface area (Å²) in [5.74, 6) is -0.631. The van der Waals surface area contributed by atoms with Crippen molar-refractivity contribution in [3.05, 3.63) is 0 Å². The summed E-state index contributed by atoms with van der Waals surface area (Å²) in [6.07, 6.45) is 3.69. The molecule has 5 nitrogen and oxygen atoms in total. The highest BCUT2D eigenvalue weighted by Gasteiger charge is 2.78. The molecule has 5 rings (SSSR count). The van der Waals surface area contributed by atoms with Gasteiger partial charge in [-0.3, -0.25) is 14.4 Å². The molecule has 25 heavy (non-hydrogen) atoms. The molecule has 7 atom stereocenters. The molecule has 0 radical (unpaired) electrons. The lowest BCUT2D eigenvalue weighted by Gasteiger charge is -2.60. The first-order valence-electron chi connectivity index (χ1n) is 9.67. The van der Waals surface area contributed by atoms with Gasteiger partial charge in [-0.2, -0.15) is 0 Å². The smallest absolute Gasteiger partial charge is 0.320 e. The van der Waals surface area contributed by atoms with Crippen LogP contribution in [0.25, 0.3) is 0 Å². The van der Waals surface area contributed by atoms with E-state index in [1.54, 1.807) is 0 Å². The predicted octanol–water partition coefficient (Wildman–Crippen LogP) is 2.51. The van der Waals surface area contributed by atoms with Gasteiger partial charge in [-0.15, -0.1) is 0 Å².